The third kappa shape index (κ3) is 3.54. The fourth-order valence-electron chi connectivity index (χ4n) is 3.68. The first kappa shape index (κ1) is 19.7. The molecule has 3 aromatic heterocycles. The fourth-order valence-corrected chi connectivity index (χ4v) is 3.68. The molecule has 0 atom stereocenters. The Kier molecular flexibility index (Phi) is 5.03. The van der Waals surface area contributed by atoms with Crippen LogP contribution < -0.4 is 10.6 Å². The Labute approximate surface area is 173 Å². The number of pyridine rings is 2. The lowest BCUT2D eigenvalue weighted by atomic mass is 10.2. The first-order valence-electron chi connectivity index (χ1n) is 9.76. The molecule has 1 aliphatic rings. The minimum absolute atomic E-state index is 0.0921. The summed E-state index contributed by atoms with van der Waals surface area (Å²) in [6.07, 6.45) is 4.63. The molecule has 4 heterocycles. The number of hydrogen-bond donors (Lipinski definition) is 1. The minimum Gasteiger partial charge on any atom is -0.493 e. The fraction of sp³-hybridized carbons (Fsp3) is 0.333. The van der Waals surface area contributed by atoms with Gasteiger partial charge in [0.2, 0.25) is 5.88 Å². The van der Waals surface area contributed by atoms with Crippen LogP contribution in [0.3, 0.4) is 0 Å². The van der Waals surface area contributed by atoms with E-state index < -0.39 is 5.69 Å². The zero-order chi connectivity index (χ0) is 21.4. The van der Waals surface area contributed by atoms with Crippen molar-refractivity contribution in [1.82, 2.24) is 24.0 Å². The van der Waals surface area contributed by atoms with Crippen molar-refractivity contribution in [2.45, 2.75) is 13.8 Å². The zero-order valence-corrected chi connectivity index (χ0v) is 17.2. The molecule has 1 N–H and O–H groups in total. The highest BCUT2D eigenvalue weighted by Crippen LogP contribution is 2.20. The molecular formula is C21H24N6O3. The Bertz CT molecular complexity index is 1140. The summed E-state index contributed by atoms with van der Waals surface area (Å²) in [5.74, 6) is 1.07. The maximum Gasteiger partial charge on any atom is 0.336 e. The van der Waals surface area contributed by atoms with Crippen LogP contribution in [0.1, 0.15) is 21.5 Å². The van der Waals surface area contributed by atoms with Gasteiger partial charge in [-0.05, 0) is 37.1 Å². The Hall–Kier alpha value is -3.62. The normalized spacial score (nSPS) is 14.2. The summed E-state index contributed by atoms with van der Waals surface area (Å²) in [7, 11) is 1.47. The zero-order valence-electron chi connectivity index (χ0n) is 17.2. The molecule has 1 saturated heterocycles. The molecule has 0 unspecified atom stereocenters. The predicted octanol–water partition coefficient (Wildman–Crippen LogP) is 1.25. The number of aromatic hydroxyl groups is 1. The Morgan fingerprint density at radius 3 is 2.37 bits per heavy atom. The monoisotopic (exact) mass is 408 g/mol. The minimum atomic E-state index is -0.407. The Morgan fingerprint density at radius 1 is 1.07 bits per heavy atom. The van der Waals surface area contributed by atoms with E-state index in [-0.39, 0.29) is 11.8 Å². The summed E-state index contributed by atoms with van der Waals surface area (Å²) in [6, 6.07) is 5.37. The molecule has 0 saturated carbocycles. The molecule has 30 heavy (non-hydrogen) atoms. The number of hydrogen-bond acceptors (Lipinski definition) is 6. The van der Waals surface area contributed by atoms with E-state index in [1.54, 1.807) is 17.0 Å². The summed E-state index contributed by atoms with van der Waals surface area (Å²) in [6.45, 7) is 6.71. The van der Waals surface area contributed by atoms with Crippen molar-refractivity contribution in [1.29, 1.82) is 0 Å². The summed E-state index contributed by atoms with van der Waals surface area (Å²) < 4.78 is 2.35. The summed E-state index contributed by atoms with van der Waals surface area (Å²) in [4.78, 5) is 37.7. The number of amides is 1. The highest BCUT2D eigenvalue weighted by atomic mass is 16.3. The van der Waals surface area contributed by atoms with Crippen molar-refractivity contribution >= 4 is 11.7 Å². The number of piperazine rings is 1. The number of nitrogens with zero attached hydrogens (tertiary/aromatic N) is 6. The lowest BCUT2D eigenvalue weighted by Gasteiger charge is -2.36. The molecule has 0 spiro atoms. The third-order valence-electron chi connectivity index (χ3n) is 5.38. The van der Waals surface area contributed by atoms with Gasteiger partial charge in [-0.25, -0.2) is 19.3 Å². The Morgan fingerprint density at radius 2 is 1.80 bits per heavy atom. The van der Waals surface area contributed by atoms with Crippen molar-refractivity contribution in [2.75, 3.05) is 31.1 Å². The second-order valence-electron chi connectivity index (χ2n) is 7.54. The summed E-state index contributed by atoms with van der Waals surface area (Å²) in [5.41, 5.74) is 2.32. The highest BCUT2D eigenvalue weighted by molar-refractivity contribution is 5.94. The average Bonchev–Trinajstić information content (AvgIpc) is 3.01. The van der Waals surface area contributed by atoms with Gasteiger partial charge in [0.15, 0.2) is 0 Å². The largest absolute Gasteiger partial charge is 0.493 e. The molecule has 4 rings (SSSR count). The van der Waals surface area contributed by atoms with Crippen molar-refractivity contribution in [3.63, 3.8) is 0 Å². The molecule has 3 aromatic rings. The maximum atomic E-state index is 12.9. The molecular weight excluding hydrogens is 384 g/mol. The summed E-state index contributed by atoms with van der Waals surface area (Å²) >= 11 is 0. The van der Waals surface area contributed by atoms with Gasteiger partial charge in [-0.1, -0.05) is 6.07 Å². The number of carbonyl (C=O) groups excluding carboxylic acids is 1. The van der Waals surface area contributed by atoms with Crippen molar-refractivity contribution in [2.24, 2.45) is 7.05 Å². The van der Waals surface area contributed by atoms with Crippen LogP contribution in [-0.4, -0.2) is 61.2 Å². The third-order valence-corrected chi connectivity index (χ3v) is 5.38. The SMILES string of the molecule is Cc1cnc(N2CCN(C(=O)c3ccc(-n4cc(O)n(C)c4=O)nc3)CC2)c(C)c1. The van der Waals surface area contributed by atoms with Crippen molar-refractivity contribution in [3.05, 3.63) is 64.0 Å². The van der Waals surface area contributed by atoms with Crippen molar-refractivity contribution < 1.29 is 9.90 Å². The van der Waals surface area contributed by atoms with Gasteiger partial charge in [0.1, 0.15) is 11.6 Å². The smallest absolute Gasteiger partial charge is 0.336 e. The number of rotatable bonds is 3. The topological polar surface area (TPSA) is 96.5 Å². The van der Waals surface area contributed by atoms with Crippen LogP contribution in [0.15, 0.2) is 41.6 Å². The number of aromatic nitrogens is 4. The van der Waals surface area contributed by atoms with E-state index in [0.29, 0.717) is 37.6 Å². The van der Waals surface area contributed by atoms with Gasteiger partial charge in [-0.15, -0.1) is 0 Å². The average molecular weight is 408 g/mol. The van der Waals surface area contributed by atoms with E-state index in [0.717, 1.165) is 21.5 Å². The van der Waals surface area contributed by atoms with E-state index in [9.17, 15) is 14.7 Å². The lowest BCUT2D eigenvalue weighted by molar-refractivity contribution is 0.0746. The first-order chi connectivity index (χ1) is 14.3. The second-order valence-corrected chi connectivity index (χ2v) is 7.54. The van der Waals surface area contributed by atoms with E-state index in [1.165, 1.54) is 24.0 Å². The molecule has 1 amide bonds. The Balaban J connectivity index is 1.44. The van der Waals surface area contributed by atoms with Crippen LogP contribution in [0.5, 0.6) is 5.88 Å². The van der Waals surface area contributed by atoms with E-state index >= 15 is 0 Å². The predicted molar refractivity (Wildman–Crippen MR) is 112 cm³/mol. The van der Waals surface area contributed by atoms with E-state index in [2.05, 4.69) is 27.9 Å². The van der Waals surface area contributed by atoms with Crippen LogP contribution in [0.4, 0.5) is 5.82 Å². The molecule has 0 aromatic carbocycles. The first-order valence-corrected chi connectivity index (χ1v) is 9.76. The highest BCUT2D eigenvalue weighted by Gasteiger charge is 2.24. The van der Waals surface area contributed by atoms with Crippen LogP contribution in [0.2, 0.25) is 0 Å². The molecule has 1 fully saturated rings. The second kappa shape index (κ2) is 7.66. The standard InChI is InChI=1S/C21H24N6O3/c1-14-10-15(2)19(23-11-14)25-6-8-26(9-7-25)20(29)16-4-5-17(22-12-16)27-13-18(28)24(3)21(27)30/h4-5,10-13,28H,6-9H2,1-3H3. The van der Waals surface area contributed by atoms with E-state index in [1.807, 2.05) is 13.1 Å². The van der Waals surface area contributed by atoms with Gasteiger partial charge in [0, 0.05) is 45.6 Å². The van der Waals surface area contributed by atoms with Crippen LogP contribution >= 0.6 is 0 Å². The summed E-state index contributed by atoms with van der Waals surface area (Å²) in [5, 5.41) is 9.67. The van der Waals surface area contributed by atoms with Crippen LogP contribution in [0.25, 0.3) is 5.82 Å². The van der Waals surface area contributed by atoms with Gasteiger partial charge < -0.3 is 14.9 Å². The van der Waals surface area contributed by atoms with Crippen LogP contribution in [0, 0.1) is 13.8 Å². The van der Waals surface area contributed by atoms with E-state index in [4.69, 9.17) is 0 Å². The number of imidazole rings is 1. The van der Waals surface area contributed by atoms with Crippen molar-refractivity contribution in [3.8, 4) is 11.7 Å². The molecule has 9 heteroatoms. The molecule has 0 radical (unpaired) electrons. The molecule has 156 valence electrons. The van der Waals surface area contributed by atoms with Crippen LogP contribution in [-0.2, 0) is 7.05 Å². The molecule has 0 bridgehead atoms. The number of anilines is 1. The van der Waals surface area contributed by atoms with Gasteiger partial charge in [-0.2, -0.15) is 0 Å². The van der Waals surface area contributed by atoms with Gasteiger partial charge in [0.05, 0.1) is 11.8 Å². The molecule has 9 nitrogen and oxygen atoms in total. The van der Waals surface area contributed by atoms with Gasteiger partial charge >= 0.3 is 5.69 Å². The number of aryl methyl sites for hydroxylation is 2. The van der Waals surface area contributed by atoms with Gasteiger partial charge in [0.25, 0.3) is 5.91 Å². The molecule has 1 aliphatic heterocycles. The maximum absolute atomic E-state index is 12.9. The van der Waals surface area contributed by atoms with Gasteiger partial charge in [-0.3, -0.25) is 9.36 Å². The molecule has 0 aliphatic carbocycles. The number of carbonyl (C=O) groups is 1. The lowest BCUT2D eigenvalue weighted by Crippen LogP contribution is -2.49. The quantitative estimate of drug-likeness (QED) is 0.701.